The van der Waals surface area contributed by atoms with Gasteiger partial charge in [0.2, 0.25) is 11.8 Å². The molecule has 0 unspecified atom stereocenters. The van der Waals surface area contributed by atoms with Crippen LogP contribution in [0, 0.1) is 17.6 Å². The molecule has 0 bridgehead atoms. The van der Waals surface area contributed by atoms with Gasteiger partial charge in [0.25, 0.3) is 0 Å². The third-order valence-electron chi connectivity index (χ3n) is 5.67. The number of fused-ring (bicyclic) bond motifs is 1. The molecular formula is C22H22F2N2O4S. The molecule has 0 aromatic heterocycles. The van der Waals surface area contributed by atoms with Crippen LogP contribution in [0.1, 0.15) is 31.7 Å². The lowest BCUT2D eigenvalue weighted by atomic mass is 10.2. The average molecular weight is 448 g/mol. The van der Waals surface area contributed by atoms with E-state index in [4.69, 9.17) is 0 Å². The first-order valence-electron chi connectivity index (χ1n) is 10.1. The zero-order chi connectivity index (χ0) is 22.3. The van der Waals surface area contributed by atoms with Gasteiger partial charge in [0, 0.05) is 30.6 Å². The van der Waals surface area contributed by atoms with Gasteiger partial charge in [-0.1, -0.05) is 0 Å². The lowest BCUT2D eigenvalue weighted by Gasteiger charge is -2.18. The maximum Gasteiger partial charge on any atom is 0.230 e. The van der Waals surface area contributed by atoms with Crippen LogP contribution in [-0.4, -0.2) is 32.0 Å². The van der Waals surface area contributed by atoms with Crippen LogP contribution in [0.25, 0.3) is 0 Å². The van der Waals surface area contributed by atoms with Crippen molar-refractivity contribution in [3.05, 3.63) is 53.6 Å². The zero-order valence-corrected chi connectivity index (χ0v) is 17.7. The molecule has 2 aliphatic rings. The molecule has 1 N–H and O–H groups in total. The number of hydrogen-bond donors (Lipinski definition) is 1. The Bertz CT molecular complexity index is 1160. The maximum absolute atomic E-state index is 13.7. The SMILES string of the molecule is C[C@@H](CC(=O)Nc1cc(F)ccc1F)S(=O)(=O)c1ccc2c(c1)CCN2C(=O)C1CC1. The van der Waals surface area contributed by atoms with E-state index in [9.17, 15) is 26.8 Å². The van der Waals surface area contributed by atoms with Crippen molar-refractivity contribution < 1.29 is 26.8 Å². The normalized spacial score (nSPS) is 16.7. The quantitative estimate of drug-likeness (QED) is 0.734. The third-order valence-corrected chi connectivity index (χ3v) is 7.81. The minimum atomic E-state index is -3.84. The first-order valence-corrected chi connectivity index (χ1v) is 11.6. The van der Waals surface area contributed by atoms with Crippen LogP contribution in [0.5, 0.6) is 0 Å². The summed E-state index contributed by atoms with van der Waals surface area (Å²) in [6, 6.07) is 7.29. The number of nitrogens with one attached hydrogen (secondary N) is 1. The van der Waals surface area contributed by atoms with Crippen molar-refractivity contribution in [3.63, 3.8) is 0 Å². The summed E-state index contributed by atoms with van der Waals surface area (Å²) in [5.41, 5.74) is 1.18. The molecule has 6 nitrogen and oxygen atoms in total. The van der Waals surface area contributed by atoms with Crippen molar-refractivity contribution in [2.45, 2.75) is 42.8 Å². The molecule has 0 radical (unpaired) electrons. The Labute approximate surface area is 179 Å². The number of nitrogens with zero attached hydrogens (tertiary/aromatic N) is 1. The van der Waals surface area contributed by atoms with E-state index in [1.807, 2.05) is 0 Å². The maximum atomic E-state index is 13.7. The number of amides is 2. The average Bonchev–Trinajstić information content (AvgIpc) is 3.49. The second-order valence-corrected chi connectivity index (χ2v) is 10.4. The van der Waals surface area contributed by atoms with E-state index in [-0.39, 0.29) is 22.4 Å². The Morgan fingerprint density at radius 1 is 1.16 bits per heavy atom. The van der Waals surface area contributed by atoms with Gasteiger partial charge >= 0.3 is 0 Å². The van der Waals surface area contributed by atoms with Crippen LogP contribution >= 0.6 is 0 Å². The standard InChI is InChI=1S/C22H22F2N2O4S/c1-13(10-21(27)25-19-12-16(23)4-6-18(19)24)31(29,30)17-5-7-20-15(11-17)8-9-26(20)22(28)14-2-3-14/h4-7,11-14H,2-3,8-10H2,1H3,(H,25,27)/t13-/m0/s1. The molecule has 1 fully saturated rings. The van der Waals surface area contributed by atoms with Crippen molar-refractivity contribution in [1.82, 2.24) is 0 Å². The van der Waals surface area contributed by atoms with Crippen LogP contribution in [0.4, 0.5) is 20.2 Å². The summed E-state index contributed by atoms with van der Waals surface area (Å²) in [7, 11) is -3.84. The predicted octanol–water partition coefficient (Wildman–Crippen LogP) is 3.45. The Morgan fingerprint density at radius 2 is 1.90 bits per heavy atom. The Hall–Kier alpha value is -2.81. The lowest BCUT2D eigenvalue weighted by molar-refractivity contribution is -0.119. The Kier molecular flexibility index (Phi) is 5.55. The van der Waals surface area contributed by atoms with Gasteiger partial charge in [-0.3, -0.25) is 9.59 Å². The van der Waals surface area contributed by atoms with E-state index in [1.165, 1.54) is 13.0 Å². The van der Waals surface area contributed by atoms with E-state index in [2.05, 4.69) is 5.32 Å². The third kappa shape index (κ3) is 4.32. The van der Waals surface area contributed by atoms with Gasteiger partial charge < -0.3 is 10.2 Å². The summed E-state index contributed by atoms with van der Waals surface area (Å²) >= 11 is 0. The number of halogens is 2. The van der Waals surface area contributed by atoms with Gasteiger partial charge in [0.15, 0.2) is 9.84 Å². The lowest BCUT2D eigenvalue weighted by Crippen LogP contribution is -2.30. The highest BCUT2D eigenvalue weighted by Gasteiger charge is 2.37. The molecule has 31 heavy (non-hydrogen) atoms. The molecule has 1 heterocycles. The van der Waals surface area contributed by atoms with E-state index < -0.39 is 39.0 Å². The van der Waals surface area contributed by atoms with Crippen molar-refractivity contribution in [1.29, 1.82) is 0 Å². The molecule has 0 spiro atoms. The first-order chi connectivity index (χ1) is 14.7. The number of rotatable bonds is 6. The molecule has 0 saturated heterocycles. The van der Waals surface area contributed by atoms with E-state index in [0.29, 0.717) is 13.0 Å². The Balaban J connectivity index is 1.47. The smallest absolute Gasteiger partial charge is 0.230 e. The summed E-state index contributed by atoms with van der Waals surface area (Å²) in [4.78, 5) is 26.4. The van der Waals surface area contributed by atoms with Crippen LogP contribution in [0.2, 0.25) is 0 Å². The molecule has 2 amide bonds. The van der Waals surface area contributed by atoms with E-state index >= 15 is 0 Å². The second-order valence-electron chi connectivity index (χ2n) is 8.04. The topological polar surface area (TPSA) is 83.6 Å². The van der Waals surface area contributed by atoms with Gasteiger partial charge in [-0.05, 0) is 62.1 Å². The molecule has 164 valence electrons. The first kappa shape index (κ1) is 21.4. The van der Waals surface area contributed by atoms with Crippen LogP contribution in [0.15, 0.2) is 41.3 Å². The molecule has 1 atom stereocenters. The van der Waals surface area contributed by atoms with Gasteiger partial charge in [0.1, 0.15) is 11.6 Å². The van der Waals surface area contributed by atoms with Crippen LogP contribution < -0.4 is 10.2 Å². The van der Waals surface area contributed by atoms with E-state index in [1.54, 1.807) is 17.0 Å². The highest BCUT2D eigenvalue weighted by atomic mass is 32.2. The van der Waals surface area contributed by atoms with E-state index in [0.717, 1.165) is 42.3 Å². The number of carbonyl (C=O) groups excluding carboxylic acids is 2. The summed E-state index contributed by atoms with van der Waals surface area (Å²) in [5, 5.41) is 1.14. The molecule has 9 heteroatoms. The molecule has 4 rings (SSSR count). The fraction of sp³-hybridized carbons (Fsp3) is 0.364. The van der Waals surface area contributed by atoms with Crippen molar-refractivity contribution in [3.8, 4) is 0 Å². The number of sulfone groups is 1. The number of hydrogen-bond acceptors (Lipinski definition) is 4. The number of anilines is 2. The van der Waals surface area contributed by atoms with Crippen molar-refractivity contribution >= 4 is 33.0 Å². The summed E-state index contributed by atoms with van der Waals surface area (Å²) in [6.45, 7) is 1.93. The fourth-order valence-electron chi connectivity index (χ4n) is 3.73. The minimum absolute atomic E-state index is 0.0733. The largest absolute Gasteiger partial charge is 0.323 e. The minimum Gasteiger partial charge on any atom is -0.323 e. The summed E-state index contributed by atoms with van der Waals surface area (Å²) in [6.07, 6.45) is 1.96. The highest BCUT2D eigenvalue weighted by Crippen LogP contribution is 2.37. The second kappa shape index (κ2) is 8.03. The molecule has 1 saturated carbocycles. The summed E-state index contributed by atoms with van der Waals surface area (Å²) in [5.74, 6) is -2.10. The molecule has 2 aromatic rings. The number of benzene rings is 2. The monoisotopic (exact) mass is 448 g/mol. The van der Waals surface area contributed by atoms with Gasteiger partial charge in [-0.15, -0.1) is 0 Å². The van der Waals surface area contributed by atoms with Crippen LogP contribution in [0.3, 0.4) is 0 Å². The molecule has 2 aromatic carbocycles. The summed E-state index contributed by atoms with van der Waals surface area (Å²) < 4.78 is 52.9. The molecular weight excluding hydrogens is 426 g/mol. The Morgan fingerprint density at radius 3 is 2.61 bits per heavy atom. The fourth-order valence-corrected chi connectivity index (χ4v) is 5.13. The highest BCUT2D eigenvalue weighted by molar-refractivity contribution is 7.92. The van der Waals surface area contributed by atoms with Gasteiger partial charge in [0.05, 0.1) is 15.8 Å². The zero-order valence-electron chi connectivity index (χ0n) is 16.9. The van der Waals surface area contributed by atoms with Crippen LogP contribution in [-0.2, 0) is 25.8 Å². The predicted molar refractivity (Wildman–Crippen MR) is 111 cm³/mol. The van der Waals surface area contributed by atoms with Gasteiger partial charge in [-0.25, -0.2) is 17.2 Å². The van der Waals surface area contributed by atoms with Crippen molar-refractivity contribution in [2.24, 2.45) is 5.92 Å². The number of carbonyl (C=O) groups is 2. The van der Waals surface area contributed by atoms with Gasteiger partial charge in [-0.2, -0.15) is 0 Å². The van der Waals surface area contributed by atoms with Crippen molar-refractivity contribution in [2.75, 3.05) is 16.8 Å². The molecule has 1 aliphatic heterocycles. The molecule has 1 aliphatic carbocycles.